The Labute approximate surface area is 63.1 Å². The van der Waals surface area contributed by atoms with Crippen LogP contribution in [0.2, 0.25) is 0 Å². The zero-order valence-electron chi connectivity index (χ0n) is 6.09. The third kappa shape index (κ3) is 0.824. The van der Waals surface area contributed by atoms with Crippen molar-refractivity contribution in [1.82, 2.24) is 5.16 Å². The Hall–Kier alpha value is -1.32. The maximum absolute atomic E-state index is 11.0. The summed E-state index contributed by atoms with van der Waals surface area (Å²) in [5.74, 6) is 0.337. The maximum Gasteiger partial charge on any atom is 0.343 e. The molecule has 0 unspecified atom stereocenters. The molecule has 4 heteroatoms. The normalized spacial score (nSPS) is 15.9. The summed E-state index contributed by atoms with van der Waals surface area (Å²) in [4.78, 5) is 11.0. The predicted octanol–water partition coefficient (Wildman–Crippen LogP) is 0.696. The van der Waals surface area contributed by atoms with Crippen molar-refractivity contribution >= 4 is 5.97 Å². The highest BCUT2D eigenvalue weighted by atomic mass is 16.5. The van der Waals surface area contributed by atoms with Crippen LogP contribution < -0.4 is 0 Å². The van der Waals surface area contributed by atoms with Gasteiger partial charge in [0.25, 0.3) is 0 Å². The number of nitrogens with zero attached hydrogens (tertiary/aromatic N) is 1. The van der Waals surface area contributed by atoms with Crippen molar-refractivity contribution < 1.29 is 14.1 Å². The zero-order chi connectivity index (χ0) is 7.84. The molecule has 0 amide bonds. The van der Waals surface area contributed by atoms with Crippen molar-refractivity contribution in [3.63, 3.8) is 0 Å². The van der Waals surface area contributed by atoms with E-state index in [1.165, 1.54) is 0 Å². The fourth-order valence-corrected chi connectivity index (χ4v) is 1.16. The quantitative estimate of drug-likeness (QED) is 0.515. The van der Waals surface area contributed by atoms with Crippen molar-refractivity contribution in [3.8, 4) is 0 Å². The van der Waals surface area contributed by atoms with E-state index in [9.17, 15) is 4.79 Å². The van der Waals surface area contributed by atoms with Gasteiger partial charge < -0.3 is 9.26 Å². The third-order valence-electron chi connectivity index (χ3n) is 1.70. The summed E-state index contributed by atoms with van der Waals surface area (Å²) in [6.07, 6.45) is 0.641. The third-order valence-corrected chi connectivity index (χ3v) is 1.70. The summed E-state index contributed by atoms with van der Waals surface area (Å²) in [6, 6.07) is 0. The summed E-state index contributed by atoms with van der Waals surface area (Å²) in [7, 11) is 0. The van der Waals surface area contributed by atoms with Crippen LogP contribution in [0.1, 0.15) is 21.8 Å². The maximum atomic E-state index is 11.0. The summed E-state index contributed by atoms with van der Waals surface area (Å²) in [5, 5.41) is 3.67. The summed E-state index contributed by atoms with van der Waals surface area (Å²) in [5.41, 5.74) is 1.13. The average molecular weight is 153 g/mol. The number of aryl methyl sites for hydroxylation is 1. The van der Waals surface area contributed by atoms with Crippen molar-refractivity contribution in [1.29, 1.82) is 0 Å². The number of aromatic nitrogens is 1. The van der Waals surface area contributed by atoms with Crippen molar-refractivity contribution in [2.24, 2.45) is 0 Å². The van der Waals surface area contributed by atoms with E-state index in [2.05, 4.69) is 5.16 Å². The second-order valence-electron chi connectivity index (χ2n) is 2.45. The van der Waals surface area contributed by atoms with Gasteiger partial charge in [-0.2, -0.15) is 0 Å². The number of carbonyl (C=O) groups excluding carboxylic acids is 1. The van der Waals surface area contributed by atoms with Gasteiger partial charge in [-0.1, -0.05) is 5.16 Å². The first-order valence-electron chi connectivity index (χ1n) is 3.41. The van der Waals surface area contributed by atoms with E-state index >= 15 is 0 Å². The van der Waals surface area contributed by atoms with Gasteiger partial charge in [-0.05, 0) is 6.92 Å². The molecule has 0 aliphatic carbocycles. The van der Waals surface area contributed by atoms with Crippen LogP contribution in [0, 0.1) is 6.92 Å². The molecule has 58 valence electrons. The Kier molecular flexibility index (Phi) is 1.21. The predicted molar refractivity (Wildman–Crippen MR) is 35.2 cm³/mol. The highest BCUT2D eigenvalue weighted by molar-refractivity contribution is 5.92. The Bertz CT molecular complexity index is 303. The van der Waals surface area contributed by atoms with Gasteiger partial charge >= 0.3 is 5.97 Å². The number of hydrogen-bond donors (Lipinski definition) is 0. The molecule has 0 saturated heterocycles. The van der Waals surface area contributed by atoms with Crippen molar-refractivity contribution in [2.45, 2.75) is 13.3 Å². The van der Waals surface area contributed by atoms with E-state index in [1.807, 2.05) is 0 Å². The Balaban J connectivity index is 2.56. The van der Waals surface area contributed by atoms with Crippen LogP contribution in [-0.2, 0) is 11.2 Å². The number of esters is 1. The molecule has 0 atom stereocenters. The Morgan fingerprint density at radius 1 is 1.55 bits per heavy atom. The molecule has 0 fully saturated rings. The largest absolute Gasteiger partial charge is 0.461 e. The van der Waals surface area contributed by atoms with Crippen LogP contribution in [0.25, 0.3) is 0 Å². The van der Waals surface area contributed by atoms with Crippen LogP contribution in [0.3, 0.4) is 0 Å². The lowest BCUT2D eigenvalue weighted by Crippen LogP contribution is -2.16. The van der Waals surface area contributed by atoms with Crippen molar-refractivity contribution in [3.05, 3.63) is 17.0 Å². The van der Waals surface area contributed by atoms with E-state index < -0.39 is 0 Å². The van der Waals surface area contributed by atoms with Crippen LogP contribution in [0.15, 0.2) is 4.52 Å². The first-order valence-corrected chi connectivity index (χ1v) is 3.41. The van der Waals surface area contributed by atoms with E-state index in [4.69, 9.17) is 9.26 Å². The molecule has 0 saturated carbocycles. The van der Waals surface area contributed by atoms with Crippen molar-refractivity contribution in [2.75, 3.05) is 6.61 Å². The average Bonchev–Trinajstić information content (AvgIpc) is 2.34. The molecule has 0 aromatic carbocycles. The summed E-state index contributed by atoms with van der Waals surface area (Å²) >= 11 is 0. The molecule has 1 aromatic heterocycles. The molecule has 0 spiro atoms. The molecule has 4 nitrogen and oxygen atoms in total. The molecule has 1 aliphatic heterocycles. The fraction of sp³-hybridized carbons (Fsp3) is 0.429. The highest BCUT2D eigenvalue weighted by Gasteiger charge is 2.25. The van der Waals surface area contributed by atoms with Gasteiger partial charge in [0.1, 0.15) is 5.56 Å². The minimum atomic E-state index is -0.315. The van der Waals surface area contributed by atoms with Gasteiger partial charge in [0.2, 0.25) is 0 Å². The molecule has 11 heavy (non-hydrogen) atoms. The lowest BCUT2D eigenvalue weighted by molar-refractivity contribution is 0.0466. The van der Waals surface area contributed by atoms with E-state index in [0.29, 0.717) is 30.0 Å². The highest BCUT2D eigenvalue weighted by Crippen LogP contribution is 2.19. The minimum Gasteiger partial charge on any atom is -0.461 e. The second-order valence-corrected chi connectivity index (χ2v) is 2.45. The molecule has 0 radical (unpaired) electrons. The number of hydrogen-bond acceptors (Lipinski definition) is 4. The summed E-state index contributed by atoms with van der Waals surface area (Å²) in [6.45, 7) is 2.13. The van der Waals surface area contributed by atoms with E-state index in [-0.39, 0.29) is 5.97 Å². The molecule has 1 aliphatic rings. The number of rotatable bonds is 0. The topological polar surface area (TPSA) is 52.3 Å². The summed E-state index contributed by atoms with van der Waals surface area (Å²) < 4.78 is 9.71. The smallest absolute Gasteiger partial charge is 0.343 e. The van der Waals surface area contributed by atoms with Gasteiger partial charge in [0, 0.05) is 6.42 Å². The molecule has 0 bridgehead atoms. The van der Waals surface area contributed by atoms with E-state index in [0.717, 1.165) is 0 Å². The van der Waals surface area contributed by atoms with Crippen LogP contribution >= 0.6 is 0 Å². The molecule has 2 rings (SSSR count). The number of fused-ring (bicyclic) bond motifs is 1. The number of ether oxygens (including phenoxy) is 1. The lowest BCUT2D eigenvalue weighted by Gasteiger charge is -2.08. The first kappa shape index (κ1) is 6.39. The minimum absolute atomic E-state index is 0.315. The van der Waals surface area contributed by atoms with Gasteiger partial charge in [-0.3, -0.25) is 0 Å². The first-order chi connectivity index (χ1) is 5.29. The standard InChI is InChI=1S/C7H7NO3/c1-4-6-5(11-8-4)2-3-10-7(6)9/h2-3H2,1H3. The molecule has 2 heterocycles. The van der Waals surface area contributed by atoms with Crippen LogP contribution in [0.5, 0.6) is 0 Å². The molecular formula is C7H7NO3. The lowest BCUT2D eigenvalue weighted by atomic mass is 10.1. The fourth-order valence-electron chi connectivity index (χ4n) is 1.16. The van der Waals surface area contributed by atoms with Crippen LogP contribution in [-0.4, -0.2) is 17.7 Å². The molecule has 0 N–H and O–H groups in total. The molecular weight excluding hydrogens is 146 g/mol. The SMILES string of the molecule is Cc1noc2c1C(=O)OCC2. The monoisotopic (exact) mass is 153 g/mol. The van der Waals surface area contributed by atoms with Gasteiger partial charge in [0.15, 0.2) is 5.76 Å². The second kappa shape index (κ2) is 2.08. The zero-order valence-corrected chi connectivity index (χ0v) is 6.09. The van der Waals surface area contributed by atoms with Crippen LogP contribution in [0.4, 0.5) is 0 Å². The van der Waals surface area contributed by atoms with Gasteiger partial charge in [-0.15, -0.1) is 0 Å². The van der Waals surface area contributed by atoms with E-state index in [1.54, 1.807) is 6.92 Å². The Morgan fingerprint density at radius 3 is 3.09 bits per heavy atom. The number of cyclic esters (lactones) is 1. The Morgan fingerprint density at radius 2 is 2.36 bits per heavy atom. The molecule has 1 aromatic rings. The number of carbonyl (C=O) groups is 1. The van der Waals surface area contributed by atoms with Gasteiger partial charge in [0.05, 0.1) is 12.3 Å². The van der Waals surface area contributed by atoms with Gasteiger partial charge in [-0.25, -0.2) is 4.79 Å².